The van der Waals surface area contributed by atoms with Gasteiger partial charge in [-0.2, -0.15) is 5.10 Å². The zero-order chi connectivity index (χ0) is 13.3. The van der Waals surface area contributed by atoms with E-state index in [1.807, 2.05) is 0 Å². The number of hydrogen-bond acceptors (Lipinski definition) is 4. The quantitative estimate of drug-likeness (QED) is 0.876. The van der Waals surface area contributed by atoms with Crippen LogP contribution in [0, 0.1) is 6.92 Å². The third kappa shape index (κ3) is 2.45. The lowest BCUT2D eigenvalue weighted by atomic mass is 10.3. The smallest absolute Gasteiger partial charge is 0.262 e. The summed E-state index contributed by atoms with van der Waals surface area (Å²) in [6, 6.07) is 5.48. The molecule has 0 aliphatic rings. The van der Waals surface area contributed by atoms with E-state index >= 15 is 0 Å². The topological polar surface area (TPSA) is 84.2 Å². The van der Waals surface area contributed by atoms with Crippen LogP contribution in [0.4, 0.5) is 5.69 Å². The molecule has 0 aliphatic heterocycles. The van der Waals surface area contributed by atoms with Gasteiger partial charge >= 0.3 is 0 Å². The summed E-state index contributed by atoms with van der Waals surface area (Å²) < 4.78 is 28.1. The number of hydrogen-bond donors (Lipinski definition) is 2. The number of nitrogens with zero attached hydrogens (tertiary/aromatic N) is 2. The van der Waals surface area contributed by atoms with Gasteiger partial charge in [-0.1, -0.05) is 6.07 Å². The third-order valence-corrected chi connectivity index (χ3v) is 3.75. The fourth-order valence-electron chi connectivity index (χ4n) is 1.55. The van der Waals surface area contributed by atoms with Crippen molar-refractivity contribution in [3.05, 3.63) is 36.2 Å². The molecule has 0 unspecified atom stereocenters. The van der Waals surface area contributed by atoms with E-state index in [0.717, 1.165) is 0 Å². The fraction of sp³-hybridized carbons (Fsp3) is 0.182. The Labute approximate surface area is 105 Å². The van der Waals surface area contributed by atoms with Gasteiger partial charge in [0, 0.05) is 19.3 Å². The zero-order valence-electron chi connectivity index (χ0n) is 9.95. The van der Waals surface area contributed by atoms with Gasteiger partial charge in [0.25, 0.3) is 10.0 Å². The van der Waals surface area contributed by atoms with E-state index in [-0.39, 0.29) is 10.6 Å². The maximum absolute atomic E-state index is 12.1. The Balaban J connectivity index is 2.36. The van der Waals surface area contributed by atoms with E-state index in [0.29, 0.717) is 11.4 Å². The number of benzene rings is 1. The van der Waals surface area contributed by atoms with Gasteiger partial charge in [-0.05, 0) is 19.1 Å². The summed E-state index contributed by atoms with van der Waals surface area (Å²) in [5, 5.41) is 13.3. The van der Waals surface area contributed by atoms with E-state index in [4.69, 9.17) is 0 Å². The van der Waals surface area contributed by atoms with E-state index in [2.05, 4.69) is 9.82 Å². The van der Waals surface area contributed by atoms with Gasteiger partial charge < -0.3 is 5.11 Å². The van der Waals surface area contributed by atoms with Gasteiger partial charge in [0.05, 0.1) is 16.3 Å². The lowest BCUT2D eigenvalue weighted by Gasteiger charge is -2.06. The SMILES string of the molecule is Cc1nn(C)cc1NS(=O)(=O)c1cccc(O)c1. The highest BCUT2D eigenvalue weighted by Crippen LogP contribution is 2.20. The zero-order valence-corrected chi connectivity index (χ0v) is 10.8. The largest absolute Gasteiger partial charge is 0.508 e. The molecule has 0 spiro atoms. The van der Waals surface area contributed by atoms with Crippen molar-refractivity contribution >= 4 is 15.7 Å². The lowest BCUT2D eigenvalue weighted by molar-refractivity contribution is 0.473. The van der Waals surface area contributed by atoms with Gasteiger partial charge in [-0.3, -0.25) is 9.40 Å². The average Bonchev–Trinajstić information content (AvgIpc) is 2.56. The predicted octanol–water partition coefficient (Wildman–Crippen LogP) is 1.23. The molecule has 2 aromatic rings. The predicted molar refractivity (Wildman–Crippen MR) is 66.9 cm³/mol. The first-order chi connectivity index (χ1) is 8.38. The molecule has 0 bridgehead atoms. The Morgan fingerprint density at radius 1 is 1.39 bits per heavy atom. The highest BCUT2D eigenvalue weighted by atomic mass is 32.2. The number of aromatic nitrogens is 2. The molecule has 18 heavy (non-hydrogen) atoms. The van der Waals surface area contributed by atoms with Gasteiger partial charge in [-0.15, -0.1) is 0 Å². The Morgan fingerprint density at radius 3 is 2.67 bits per heavy atom. The van der Waals surface area contributed by atoms with Crippen molar-refractivity contribution in [2.45, 2.75) is 11.8 Å². The van der Waals surface area contributed by atoms with Crippen LogP contribution in [0.2, 0.25) is 0 Å². The molecule has 6 nitrogen and oxygen atoms in total. The first kappa shape index (κ1) is 12.4. The van der Waals surface area contributed by atoms with Gasteiger partial charge in [0.15, 0.2) is 0 Å². The summed E-state index contributed by atoms with van der Waals surface area (Å²) in [6.07, 6.45) is 1.58. The fourth-order valence-corrected chi connectivity index (χ4v) is 2.70. The van der Waals surface area contributed by atoms with E-state index in [1.165, 1.54) is 28.9 Å². The average molecular weight is 267 g/mol. The summed E-state index contributed by atoms with van der Waals surface area (Å²) in [5.41, 5.74) is 1.00. The number of aromatic hydroxyl groups is 1. The van der Waals surface area contributed by atoms with Gasteiger partial charge in [-0.25, -0.2) is 8.42 Å². The first-order valence-electron chi connectivity index (χ1n) is 5.20. The summed E-state index contributed by atoms with van der Waals surface area (Å²) >= 11 is 0. The Hall–Kier alpha value is -2.02. The van der Waals surface area contributed by atoms with E-state index in [1.54, 1.807) is 20.2 Å². The highest BCUT2D eigenvalue weighted by molar-refractivity contribution is 7.92. The van der Waals surface area contributed by atoms with Crippen LogP contribution in [0.3, 0.4) is 0 Å². The molecular weight excluding hydrogens is 254 g/mol. The minimum Gasteiger partial charge on any atom is -0.508 e. The number of rotatable bonds is 3. The second kappa shape index (κ2) is 4.34. The second-order valence-electron chi connectivity index (χ2n) is 3.90. The van der Waals surface area contributed by atoms with Crippen LogP contribution < -0.4 is 4.72 Å². The Kier molecular flexibility index (Phi) is 3.00. The van der Waals surface area contributed by atoms with E-state index in [9.17, 15) is 13.5 Å². The van der Waals surface area contributed by atoms with Crippen molar-refractivity contribution < 1.29 is 13.5 Å². The lowest BCUT2D eigenvalue weighted by Crippen LogP contribution is -2.13. The number of sulfonamides is 1. The van der Waals surface area contributed by atoms with Crippen LogP contribution in [0.25, 0.3) is 0 Å². The summed E-state index contributed by atoms with van der Waals surface area (Å²) in [4.78, 5) is 0.00533. The van der Waals surface area contributed by atoms with E-state index < -0.39 is 10.0 Å². The molecule has 0 fully saturated rings. The second-order valence-corrected chi connectivity index (χ2v) is 5.59. The molecule has 96 valence electrons. The molecule has 1 heterocycles. The first-order valence-corrected chi connectivity index (χ1v) is 6.69. The summed E-state index contributed by atoms with van der Waals surface area (Å²) in [5.74, 6) is -0.0965. The van der Waals surface area contributed by atoms with Crippen LogP contribution in [-0.4, -0.2) is 23.3 Å². The van der Waals surface area contributed by atoms with Crippen LogP contribution in [0.5, 0.6) is 5.75 Å². The normalized spacial score (nSPS) is 11.4. The number of phenols is 1. The minimum atomic E-state index is -3.71. The molecule has 0 saturated heterocycles. The van der Waals surface area contributed by atoms with Crippen molar-refractivity contribution in [1.29, 1.82) is 0 Å². The monoisotopic (exact) mass is 267 g/mol. The molecule has 1 aromatic carbocycles. The van der Waals surface area contributed by atoms with Crippen LogP contribution in [0.1, 0.15) is 5.69 Å². The molecule has 0 amide bonds. The minimum absolute atomic E-state index is 0.00533. The Morgan fingerprint density at radius 2 is 2.11 bits per heavy atom. The molecule has 0 saturated carbocycles. The molecule has 2 rings (SSSR count). The van der Waals surface area contributed by atoms with Crippen molar-refractivity contribution in [2.75, 3.05) is 4.72 Å². The number of phenolic OH excluding ortho intramolecular Hbond substituents is 1. The molecular formula is C11H13N3O3S. The van der Waals surface area contributed by atoms with Crippen molar-refractivity contribution in [3.8, 4) is 5.75 Å². The summed E-state index contributed by atoms with van der Waals surface area (Å²) in [6.45, 7) is 1.71. The molecule has 1 aromatic heterocycles. The number of aryl methyl sites for hydroxylation is 2. The molecule has 2 N–H and O–H groups in total. The highest BCUT2D eigenvalue weighted by Gasteiger charge is 2.16. The van der Waals surface area contributed by atoms with Crippen LogP contribution >= 0.6 is 0 Å². The van der Waals surface area contributed by atoms with Gasteiger partial charge in [0.2, 0.25) is 0 Å². The van der Waals surface area contributed by atoms with Crippen LogP contribution in [0.15, 0.2) is 35.4 Å². The third-order valence-electron chi connectivity index (χ3n) is 2.39. The molecule has 0 aliphatic carbocycles. The maximum Gasteiger partial charge on any atom is 0.262 e. The van der Waals surface area contributed by atoms with Crippen molar-refractivity contribution in [1.82, 2.24) is 9.78 Å². The maximum atomic E-state index is 12.1. The van der Waals surface area contributed by atoms with Crippen molar-refractivity contribution in [2.24, 2.45) is 7.05 Å². The van der Waals surface area contributed by atoms with Gasteiger partial charge in [0.1, 0.15) is 5.75 Å². The molecule has 7 heteroatoms. The molecule has 0 radical (unpaired) electrons. The van der Waals surface area contributed by atoms with Crippen molar-refractivity contribution in [3.63, 3.8) is 0 Å². The number of nitrogens with one attached hydrogen (secondary N) is 1. The Bertz CT molecular complexity index is 677. The number of anilines is 1. The standard InChI is InChI=1S/C11H13N3O3S/c1-8-11(7-14(2)12-8)13-18(16,17)10-5-3-4-9(15)6-10/h3-7,13,15H,1-2H3. The van der Waals surface area contributed by atoms with Crippen LogP contribution in [-0.2, 0) is 17.1 Å². The summed E-state index contributed by atoms with van der Waals surface area (Å²) in [7, 11) is -2.00. The molecule has 0 atom stereocenters.